The van der Waals surface area contributed by atoms with E-state index in [1.807, 2.05) is 0 Å². The lowest BCUT2D eigenvalue weighted by atomic mass is 9.64. The largest absolute Gasteiger partial charge is 0.398 e. The van der Waals surface area contributed by atoms with Gasteiger partial charge in [0.15, 0.2) is 0 Å². The van der Waals surface area contributed by atoms with Crippen LogP contribution in [0.1, 0.15) is 45.6 Å². The van der Waals surface area contributed by atoms with Gasteiger partial charge in [-0.05, 0) is 42.2 Å². The van der Waals surface area contributed by atoms with Crippen LogP contribution in [0.4, 0.5) is 5.69 Å². The summed E-state index contributed by atoms with van der Waals surface area (Å²) in [4.78, 5) is 4.10. The van der Waals surface area contributed by atoms with Crippen molar-refractivity contribution in [1.82, 2.24) is 4.98 Å². The number of pyridine rings is 1. The Hall–Kier alpha value is -1.09. The molecule has 0 saturated heterocycles. The number of nitrogen functional groups attached to an aromatic ring is 1. The molecule has 100 valence electrons. The van der Waals surface area contributed by atoms with Crippen molar-refractivity contribution >= 4 is 5.69 Å². The van der Waals surface area contributed by atoms with Crippen LogP contribution in [-0.4, -0.2) is 15.7 Å². The van der Waals surface area contributed by atoms with Crippen LogP contribution in [-0.2, 0) is 6.42 Å². The van der Waals surface area contributed by atoms with E-state index >= 15 is 0 Å². The minimum Gasteiger partial charge on any atom is -0.398 e. The summed E-state index contributed by atoms with van der Waals surface area (Å²) in [7, 11) is 0. The van der Waals surface area contributed by atoms with E-state index < -0.39 is 5.60 Å². The molecule has 1 aromatic heterocycles. The second kappa shape index (κ2) is 4.54. The van der Waals surface area contributed by atoms with E-state index in [0.29, 0.717) is 17.8 Å². The number of rotatable bonds is 2. The van der Waals surface area contributed by atoms with Crippen LogP contribution >= 0.6 is 0 Å². The molecule has 2 unspecified atom stereocenters. The van der Waals surface area contributed by atoms with Crippen molar-refractivity contribution in [2.75, 3.05) is 5.73 Å². The Labute approximate surface area is 109 Å². The van der Waals surface area contributed by atoms with Gasteiger partial charge in [0.05, 0.1) is 5.60 Å². The minimum atomic E-state index is -0.632. The van der Waals surface area contributed by atoms with Gasteiger partial charge >= 0.3 is 0 Å². The number of nitrogens with zero attached hydrogens (tertiary/aromatic N) is 1. The monoisotopic (exact) mass is 248 g/mol. The number of nitrogens with two attached hydrogens (primary N) is 1. The smallest absolute Gasteiger partial charge is 0.0715 e. The van der Waals surface area contributed by atoms with E-state index in [9.17, 15) is 5.11 Å². The van der Waals surface area contributed by atoms with Crippen molar-refractivity contribution in [2.24, 2.45) is 11.3 Å². The van der Waals surface area contributed by atoms with Crippen LogP contribution in [0, 0.1) is 11.3 Å². The van der Waals surface area contributed by atoms with Crippen LogP contribution in [0.2, 0.25) is 0 Å². The summed E-state index contributed by atoms with van der Waals surface area (Å²) < 4.78 is 0. The van der Waals surface area contributed by atoms with Gasteiger partial charge in [-0.15, -0.1) is 0 Å². The average molecular weight is 248 g/mol. The van der Waals surface area contributed by atoms with Crippen molar-refractivity contribution < 1.29 is 5.11 Å². The van der Waals surface area contributed by atoms with Crippen LogP contribution < -0.4 is 5.73 Å². The molecular weight excluding hydrogens is 224 g/mol. The van der Waals surface area contributed by atoms with Crippen molar-refractivity contribution in [3.05, 3.63) is 24.0 Å². The molecule has 0 amide bonds. The summed E-state index contributed by atoms with van der Waals surface area (Å²) >= 11 is 0. The number of hydrogen-bond acceptors (Lipinski definition) is 3. The van der Waals surface area contributed by atoms with E-state index in [-0.39, 0.29) is 0 Å². The van der Waals surface area contributed by atoms with Crippen molar-refractivity contribution in [1.29, 1.82) is 0 Å². The molecule has 0 spiro atoms. The van der Waals surface area contributed by atoms with Crippen molar-refractivity contribution in [3.8, 4) is 0 Å². The highest BCUT2D eigenvalue weighted by atomic mass is 16.3. The Morgan fingerprint density at radius 3 is 2.78 bits per heavy atom. The second-order valence-electron chi connectivity index (χ2n) is 6.62. The second-order valence-corrected chi connectivity index (χ2v) is 6.62. The summed E-state index contributed by atoms with van der Waals surface area (Å²) in [6, 6.07) is 1.80. The predicted octanol–water partition coefficient (Wildman–Crippen LogP) is 2.78. The normalized spacial score (nSPS) is 31.2. The van der Waals surface area contributed by atoms with Gasteiger partial charge in [0.25, 0.3) is 0 Å². The van der Waals surface area contributed by atoms with Gasteiger partial charge in [0, 0.05) is 24.5 Å². The van der Waals surface area contributed by atoms with Gasteiger partial charge in [-0.3, -0.25) is 4.98 Å². The molecule has 1 aliphatic rings. The zero-order chi connectivity index (χ0) is 13.4. The number of anilines is 1. The molecule has 3 heteroatoms. The molecule has 1 aliphatic carbocycles. The molecule has 18 heavy (non-hydrogen) atoms. The first-order valence-electron chi connectivity index (χ1n) is 6.73. The van der Waals surface area contributed by atoms with E-state index in [1.54, 1.807) is 18.5 Å². The Bertz CT molecular complexity index is 430. The average Bonchev–Trinajstić information content (AvgIpc) is 2.28. The standard InChI is InChI=1S/C15H24N2O/c1-11-8-14(2,3)5-6-15(11,18)9-12-10-17-7-4-13(12)16/h4,7,10-11,18H,5-6,8-9H2,1-3H3,(H2,16,17). The molecule has 1 heterocycles. The van der Waals surface area contributed by atoms with E-state index in [4.69, 9.17) is 5.73 Å². The lowest BCUT2D eigenvalue weighted by molar-refractivity contribution is -0.0703. The molecule has 1 aromatic rings. The molecule has 0 aliphatic heterocycles. The molecular formula is C15H24N2O. The SMILES string of the molecule is CC1CC(C)(C)CCC1(O)Cc1cnccc1N. The highest BCUT2D eigenvalue weighted by Crippen LogP contribution is 2.45. The first kappa shape index (κ1) is 13.3. The maximum Gasteiger partial charge on any atom is 0.0715 e. The number of hydrogen-bond donors (Lipinski definition) is 2. The molecule has 1 saturated carbocycles. The van der Waals surface area contributed by atoms with Crippen LogP contribution in [0.5, 0.6) is 0 Å². The van der Waals surface area contributed by atoms with Crippen LogP contribution in [0.3, 0.4) is 0 Å². The fraction of sp³-hybridized carbons (Fsp3) is 0.667. The highest BCUT2D eigenvalue weighted by Gasteiger charge is 2.42. The van der Waals surface area contributed by atoms with E-state index in [1.165, 1.54) is 0 Å². The zero-order valence-electron chi connectivity index (χ0n) is 11.6. The van der Waals surface area contributed by atoms with Crippen LogP contribution in [0.25, 0.3) is 0 Å². The van der Waals surface area contributed by atoms with Crippen molar-refractivity contribution in [2.45, 2.75) is 52.1 Å². The maximum absolute atomic E-state index is 10.9. The maximum atomic E-state index is 10.9. The number of aliphatic hydroxyl groups is 1. The van der Waals surface area contributed by atoms with Crippen LogP contribution in [0.15, 0.2) is 18.5 Å². The fourth-order valence-electron chi connectivity index (χ4n) is 3.10. The topological polar surface area (TPSA) is 59.1 Å². The lowest BCUT2D eigenvalue weighted by Crippen LogP contribution is -2.45. The van der Waals surface area contributed by atoms with E-state index in [2.05, 4.69) is 25.8 Å². The molecule has 2 rings (SSSR count). The molecule has 3 nitrogen and oxygen atoms in total. The molecule has 3 N–H and O–H groups in total. The number of aromatic nitrogens is 1. The zero-order valence-corrected chi connectivity index (χ0v) is 11.6. The molecule has 0 aromatic carbocycles. The summed E-state index contributed by atoms with van der Waals surface area (Å²) in [5.74, 6) is 0.292. The Balaban J connectivity index is 2.16. The van der Waals surface area contributed by atoms with Crippen molar-refractivity contribution in [3.63, 3.8) is 0 Å². The van der Waals surface area contributed by atoms with Gasteiger partial charge in [0.1, 0.15) is 0 Å². The third-order valence-corrected chi connectivity index (χ3v) is 4.45. The lowest BCUT2D eigenvalue weighted by Gasteiger charge is -2.45. The first-order chi connectivity index (χ1) is 8.32. The molecule has 0 bridgehead atoms. The fourth-order valence-corrected chi connectivity index (χ4v) is 3.10. The predicted molar refractivity (Wildman–Crippen MR) is 74.1 cm³/mol. The quantitative estimate of drug-likeness (QED) is 0.846. The Morgan fingerprint density at radius 1 is 1.44 bits per heavy atom. The summed E-state index contributed by atoms with van der Waals surface area (Å²) in [5.41, 5.74) is 7.35. The molecule has 2 atom stereocenters. The highest BCUT2D eigenvalue weighted by molar-refractivity contribution is 5.45. The van der Waals surface area contributed by atoms with Gasteiger partial charge in [-0.2, -0.15) is 0 Å². The van der Waals surface area contributed by atoms with Gasteiger partial charge < -0.3 is 10.8 Å². The summed E-state index contributed by atoms with van der Waals surface area (Å²) in [6.45, 7) is 6.70. The van der Waals surface area contributed by atoms with E-state index in [0.717, 1.165) is 30.5 Å². The van der Waals surface area contributed by atoms with Gasteiger partial charge in [0.2, 0.25) is 0 Å². The van der Waals surface area contributed by atoms with Gasteiger partial charge in [-0.1, -0.05) is 20.8 Å². The third-order valence-electron chi connectivity index (χ3n) is 4.45. The Morgan fingerprint density at radius 2 is 2.17 bits per heavy atom. The molecule has 1 fully saturated rings. The third kappa shape index (κ3) is 2.66. The van der Waals surface area contributed by atoms with Gasteiger partial charge in [-0.25, -0.2) is 0 Å². The summed E-state index contributed by atoms with van der Waals surface area (Å²) in [5, 5.41) is 10.9. The molecule has 0 radical (unpaired) electrons. The minimum absolute atomic E-state index is 0.292. The summed E-state index contributed by atoms with van der Waals surface area (Å²) in [6.07, 6.45) is 7.05. The first-order valence-corrected chi connectivity index (χ1v) is 6.73. The Kier molecular flexibility index (Phi) is 3.37.